The molecular formula is C16H15ClFNO2. The molecule has 2 rings (SSSR count). The lowest BCUT2D eigenvalue weighted by Crippen LogP contribution is -1.96. The van der Waals surface area contributed by atoms with Crippen molar-refractivity contribution in [1.29, 1.82) is 0 Å². The minimum Gasteiger partial charge on any atom is -0.501 e. The van der Waals surface area contributed by atoms with Crippen LogP contribution in [-0.2, 0) is 4.74 Å². The quantitative estimate of drug-likeness (QED) is 0.633. The Morgan fingerprint density at radius 3 is 2.62 bits per heavy atom. The Morgan fingerprint density at radius 2 is 1.95 bits per heavy atom. The van der Waals surface area contributed by atoms with Gasteiger partial charge in [0.2, 0.25) is 0 Å². The van der Waals surface area contributed by atoms with Crippen LogP contribution in [0.4, 0.5) is 10.1 Å². The molecule has 0 aliphatic heterocycles. The van der Waals surface area contributed by atoms with Crippen LogP contribution in [0, 0.1) is 5.82 Å². The SMILES string of the molecule is CCOC=Cc1c(N)cc(F)cc1Oc1ccc(Cl)cc1. The van der Waals surface area contributed by atoms with Gasteiger partial charge in [-0.25, -0.2) is 4.39 Å². The molecule has 0 radical (unpaired) electrons. The Labute approximate surface area is 127 Å². The molecule has 2 N–H and O–H groups in total. The zero-order valence-corrected chi connectivity index (χ0v) is 12.2. The summed E-state index contributed by atoms with van der Waals surface area (Å²) < 4.78 is 24.3. The normalized spacial score (nSPS) is 10.8. The van der Waals surface area contributed by atoms with E-state index in [2.05, 4.69) is 0 Å². The van der Waals surface area contributed by atoms with Gasteiger partial charge >= 0.3 is 0 Å². The van der Waals surface area contributed by atoms with Crippen molar-refractivity contribution in [3.8, 4) is 11.5 Å². The summed E-state index contributed by atoms with van der Waals surface area (Å²) in [5.41, 5.74) is 6.66. The van der Waals surface area contributed by atoms with Crippen LogP contribution in [0.1, 0.15) is 12.5 Å². The molecular weight excluding hydrogens is 293 g/mol. The lowest BCUT2D eigenvalue weighted by atomic mass is 10.1. The summed E-state index contributed by atoms with van der Waals surface area (Å²) in [4.78, 5) is 0. The van der Waals surface area contributed by atoms with E-state index in [1.165, 1.54) is 18.4 Å². The molecule has 5 heteroatoms. The van der Waals surface area contributed by atoms with Gasteiger partial charge in [0.05, 0.1) is 12.9 Å². The molecule has 0 aromatic heterocycles. The van der Waals surface area contributed by atoms with Crippen molar-refractivity contribution < 1.29 is 13.9 Å². The topological polar surface area (TPSA) is 44.5 Å². The van der Waals surface area contributed by atoms with Gasteiger partial charge in [0.15, 0.2) is 0 Å². The van der Waals surface area contributed by atoms with Crippen molar-refractivity contribution in [3.63, 3.8) is 0 Å². The molecule has 0 fully saturated rings. The van der Waals surface area contributed by atoms with Gasteiger partial charge in [-0.05, 0) is 43.3 Å². The molecule has 0 spiro atoms. The maximum Gasteiger partial charge on any atom is 0.139 e. The largest absolute Gasteiger partial charge is 0.501 e. The summed E-state index contributed by atoms with van der Waals surface area (Å²) in [6.45, 7) is 2.40. The number of hydrogen-bond donors (Lipinski definition) is 1. The van der Waals surface area contributed by atoms with Gasteiger partial charge in [-0.3, -0.25) is 0 Å². The van der Waals surface area contributed by atoms with E-state index in [9.17, 15) is 4.39 Å². The van der Waals surface area contributed by atoms with Gasteiger partial charge < -0.3 is 15.2 Å². The Balaban J connectivity index is 2.34. The van der Waals surface area contributed by atoms with E-state index in [1.807, 2.05) is 6.92 Å². The summed E-state index contributed by atoms with van der Waals surface area (Å²) in [5.74, 6) is 0.381. The molecule has 2 aromatic rings. The second kappa shape index (κ2) is 6.99. The van der Waals surface area contributed by atoms with Crippen LogP contribution in [0.15, 0.2) is 42.7 Å². The van der Waals surface area contributed by atoms with Gasteiger partial charge in [0.25, 0.3) is 0 Å². The molecule has 0 bridgehead atoms. The molecule has 0 saturated heterocycles. The number of ether oxygens (including phenoxy) is 2. The number of nitrogens with two attached hydrogens (primary N) is 1. The molecule has 3 nitrogen and oxygen atoms in total. The van der Waals surface area contributed by atoms with Crippen LogP contribution >= 0.6 is 11.6 Å². The maximum atomic E-state index is 13.5. The van der Waals surface area contributed by atoms with Crippen LogP contribution in [0.25, 0.3) is 6.08 Å². The predicted molar refractivity (Wildman–Crippen MR) is 83.0 cm³/mol. The fourth-order valence-electron chi connectivity index (χ4n) is 1.72. The maximum absolute atomic E-state index is 13.5. The minimum atomic E-state index is -0.468. The number of nitrogen functional groups attached to an aromatic ring is 1. The van der Waals surface area contributed by atoms with Crippen molar-refractivity contribution in [3.05, 3.63) is 59.1 Å². The smallest absolute Gasteiger partial charge is 0.139 e. The monoisotopic (exact) mass is 307 g/mol. The number of rotatable bonds is 5. The molecule has 2 aromatic carbocycles. The fourth-order valence-corrected chi connectivity index (χ4v) is 1.84. The molecule has 0 aliphatic rings. The molecule has 0 aliphatic carbocycles. The minimum absolute atomic E-state index is 0.273. The summed E-state index contributed by atoms with van der Waals surface area (Å²) in [7, 11) is 0. The van der Waals surface area contributed by atoms with Crippen LogP contribution in [-0.4, -0.2) is 6.61 Å². The van der Waals surface area contributed by atoms with Gasteiger partial charge in [0.1, 0.15) is 17.3 Å². The third-order valence-corrected chi connectivity index (χ3v) is 2.93. The summed E-state index contributed by atoms with van der Waals surface area (Å²) in [5, 5.41) is 0.595. The van der Waals surface area contributed by atoms with Crippen molar-refractivity contribution >= 4 is 23.4 Å². The number of benzene rings is 2. The highest BCUT2D eigenvalue weighted by molar-refractivity contribution is 6.30. The van der Waals surface area contributed by atoms with Crippen LogP contribution in [0.3, 0.4) is 0 Å². The van der Waals surface area contributed by atoms with Crippen LogP contribution in [0.5, 0.6) is 11.5 Å². The number of hydrogen-bond acceptors (Lipinski definition) is 3. The summed E-state index contributed by atoms with van der Waals surface area (Å²) in [6, 6.07) is 9.28. The molecule has 0 heterocycles. The zero-order valence-electron chi connectivity index (χ0n) is 11.5. The fraction of sp³-hybridized carbons (Fsp3) is 0.125. The van der Waals surface area contributed by atoms with Gasteiger partial charge in [-0.1, -0.05) is 11.6 Å². The Hall–Kier alpha value is -2.20. The lowest BCUT2D eigenvalue weighted by Gasteiger charge is -2.11. The zero-order chi connectivity index (χ0) is 15.2. The first-order valence-corrected chi connectivity index (χ1v) is 6.78. The van der Waals surface area contributed by atoms with Crippen molar-refractivity contribution in [2.75, 3.05) is 12.3 Å². The van der Waals surface area contributed by atoms with Gasteiger partial charge in [-0.15, -0.1) is 0 Å². The van der Waals surface area contributed by atoms with Crippen LogP contribution < -0.4 is 10.5 Å². The standard InChI is InChI=1S/C16H15ClFNO2/c1-2-20-8-7-14-15(19)9-12(18)10-16(14)21-13-5-3-11(17)4-6-13/h3-10H,2,19H2,1H3. The average molecular weight is 308 g/mol. The second-order valence-electron chi connectivity index (χ2n) is 4.22. The highest BCUT2D eigenvalue weighted by atomic mass is 35.5. The number of anilines is 1. The molecule has 0 saturated carbocycles. The van der Waals surface area contributed by atoms with Gasteiger partial charge in [0, 0.05) is 22.3 Å². The van der Waals surface area contributed by atoms with Gasteiger partial charge in [-0.2, -0.15) is 0 Å². The van der Waals surface area contributed by atoms with Crippen molar-refractivity contribution in [2.45, 2.75) is 6.92 Å². The van der Waals surface area contributed by atoms with E-state index >= 15 is 0 Å². The first kappa shape index (κ1) is 15.2. The molecule has 0 amide bonds. The van der Waals surface area contributed by atoms with E-state index in [0.717, 1.165) is 0 Å². The van der Waals surface area contributed by atoms with E-state index in [-0.39, 0.29) is 5.69 Å². The Morgan fingerprint density at radius 1 is 1.24 bits per heavy atom. The van der Waals surface area contributed by atoms with E-state index in [1.54, 1.807) is 30.3 Å². The molecule has 0 unspecified atom stereocenters. The highest BCUT2D eigenvalue weighted by Crippen LogP contribution is 2.32. The number of halogens is 2. The molecule has 0 atom stereocenters. The van der Waals surface area contributed by atoms with Crippen molar-refractivity contribution in [1.82, 2.24) is 0 Å². The first-order valence-electron chi connectivity index (χ1n) is 6.40. The molecule has 21 heavy (non-hydrogen) atoms. The lowest BCUT2D eigenvalue weighted by molar-refractivity contribution is 0.272. The second-order valence-corrected chi connectivity index (χ2v) is 4.66. The van der Waals surface area contributed by atoms with Crippen LogP contribution in [0.2, 0.25) is 5.02 Å². The Bertz CT molecular complexity index is 641. The average Bonchev–Trinajstić information content (AvgIpc) is 2.44. The van der Waals surface area contributed by atoms with Crippen molar-refractivity contribution in [2.24, 2.45) is 0 Å². The van der Waals surface area contributed by atoms with E-state index < -0.39 is 5.82 Å². The van der Waals surface area contributed by atoms with E-state index in [4.69, 9.17) is 26.8 Å². The predicted octanol–water partition coefficient (Wildman–Crippen LogP) is 4.86. The highest BCUT2D eigenvalue weighted by Gasteiger charge is 2.09. The van der Waals surface area contributed by atoms with E-state index in [0.29, 0.717) is 28.7 Å². The molecule has 110 valence electrons. The summed E-state index contributed by atoms with van der Waals surface area (Å²) in [6.07, 6.45) is 3.14. The first-order chi connectivity index (χ1) is 10.1. The third-order valence-electron chi connectivity index (χ3n) is 2.68. The Kier molecular flexibility index (Phi) is 5.06. The third kappa shape index (κ3) is 4.13. The summed E-state index contributed by atoms with van der Waals surface area (Å²) >= 11 is 5.82.